The van der Waals surface area contributed by atoms with Crippen molar-refractivity contribution >= 4 is 52.4 Å². The Kier molecular flexibility index (Phi) is 8.85. The van der Waals surface area contributed by atoms with Crippen molar-refractivity contribution in [3.63, 3.8) is 0 Å². The molecule has 3 rings (SSSR count). The minimum atomic E-state index is -4.62. The maximum Gasteiger partial charge on any atom is 0.416 e. The second kappa shape index (κ2) is 11.7. The number of ether oxygens (including phenoxy) is 3. The zero-order chi connectivity index (χ0) is 27.3. The summed E-state index contributed by atoms with van der Waals surface area (Å²) in [5.41, 5.74) is -2.12. The van der Waals surface area contributed by atoms with Crippen LogP contribution >= 0.6 is 34.8 Å². The Morgan fingerprint density at radius 2 is 1.49 bits per heavy atom. The van der Waals surface area contributed by atoms with Crippen molar-refractivity contribution in [1.29, 1.82) is 0 Å². The number of carbonyl (C=O) groups is 2. The Morgan fingerprint density at radius 1 is 0.838 bits per heavy atom. The fraction of sp³-hybridized carbons (Fsp3) is 0.130. The Bertz CT molecular complexity index is 1370. The van der Waals surface area contributed by atoms with Crippen LogP contribution in [-0.2, 0) is 15.7 Å². The van der Waals surface area contributed by atoms with Gasteiger partial charge in [0.15, 0.2) is 0 Å². The number of halogens is 6. The number of nitro benzene ring substituents is 1. The van der Waals surface area contributed by atoms with Gasteiger partial charge in [0.1, 0.15) is 30.3 Å². The molecule has 0 amide bonds. The predicted molar refractivity (Wildman–Crippen MR) is 127 cm³/mol. The summed E-state index contributed by atoms with van der Waals surface area (Å²) in [5, 5.41) is 11.3. The van der Waals surface area contributed by atoms with E-state index in [1.807, 2.05) is 0 Å². The minimum Gasteiger partial charge on any atom is -0.458 e. The first-order valence-corrected chi connectivity index (χ1v) is 11.1. The molecule has 0 unspecified atom stereocenters. The summed E-state index contributed by atoms with van der Waals surface area (Å²) >= 11 is 17.5. The van der Waals surface area contributed by atoms with E-state index in [1.165, 1.54) is 18.2 Å². The molecule has 0 heterocycles. The number of benzene rings is 3. The lowest BCUT2D eigenvalue weighted by atomic mass is 10.1. The van der Waals surface area contributed by atoms with Crippen molar-refractivity contribution in [3.8, 4) is 11.5 Å². The van der Waals surface area contributed by atoms with Crippen LogP contribution in [0.4, 0.5) is 18.9 Å². The van der Waals surface area contributed by atoms with Gasteiger partial charge in [-0.2, -0.15) is 13.2 Å². The van der Waals surface area contributed by atoms with Crippen molar-refractivity contribution in [1.82, 2.24) is 0 Å². The summed E-state index contributed by atoms with van der Waals surface area (Å²) in [7, 11) is 0. The number of alkyl halides is 3. The quantitative estimate of drug-likeness (QED) is 0.119. The molecular formula is C23H13Cl3F3NO7. The molecule has 8 nitrogen and oxygen atoms in total. The summed E-state index contributed by atoms with van der Waals surface area (Å²) in [6, 6.07) is 9.50. The highest BCUT2D eigenvalue weighted by atomic mass is 35.5. The SMILES string of the molecule is O=C(OCCOC(=O)c1cc(Oc2ccc(C(F)(F)F)cc2Cl)ccc1[N+](=O)[O-])c1ccc(Cl)cc1Cl. The van der Waals surface area contributed by atoms with Crippen LogP contribution in [0.5, 0.6) is 11.5 Å². The minimum absolute atomic E-state index is 0.0276. The molecule has 3 aromatic rings. The smallest absolute Gasteiger partial charge is 0.416 e. The largest absolute Gasteiger partial charge is 0.458 e. The first-order valence-electron chi connectivity index (χ1n) is 9.99. The van der Waals surface area contributed by atoms with Gasteiger partial charge in [0.05, 0.1) is 26.1 Å². The molecule has 0 saturated carbocycles. The monoisotopic (exact) mass is 577 g/mol. The van der Waals surface area contributed by atoms with Crippen LogP contribution in [0.1, 0.15) is 26.3 Å². The molecule has 3 aromatic carbocycles. The molecule has 0 aliphatic carbocycles. The number of hydrogen-bond donors (Lipinski definition) is 0. The van der Waals surface area contributed by atoms with E-state index in [2.05, 4.69) is 0 Å². The van der Waals surface area contributed by atoms with E-state index in [-0.39, 0.29) is 27.1 Å². The maximum absolute atomic E-state index is 12.8. The van der Waals surface area contributed by atoms with Gasteiger partial charge >= 0.3 is 18.1 Å². The molecule has 0 bridgehead atoms. The van der Waals surface area contributed by atoms with E-state index in [4.69, 9.17) is 49.0 Å². The number of carbonyl (C=O) groups excluding carboxylic acids is 2. The molecule has 0 fully saturated rings. The zero-order valence-corrected chi connectivity index (χ0v) is 20.5. The van der Waals surface area contributed by atoms with Gasteiger partial charge in [0.2, 0.25) is 0 Å². The highest BCUT2D eigenvalue weighted by molar-refractivity contribution is 6.36. The number of esters is 2. The molecule has 0 saturated heterocycles. The van der Waals surface area contributed by atoms with E-state index in [0.29, 0.717) is 11.1 Å². The van der Waals surface area contributed by atoms with Gasteiger partial charge in [0, 0.05) is 17.2 Å². The molecule has 0 aromatic heterocycles. The van der Waals surface area contributed by atoms with Crippen LogP contribution in [-0.4, -0.2) is 30.1 Å². The zero-order valence-electron chi connectivity index (χ0n) is 18.2. The number of hydrogen-bond acceptors (Lipinski definition) is 7. The number of rotatable bonds is 8. The van der Waals surface area contributed by atoms with Crippen LogP contribution in [0.15, 0.2) is 54.6 Å². The van der Waals surface area contributed by atoms with Gasteiger partial charge in [-0.1, -0.05) is 34.8 Å². The van der Waals surface area contributed by atoms with Crippen molar-refractivity contribution in [3.05, 3.63) is 96.5 Å². The standard InChI is InChI=1S/C23H13Cl3F3NO7/c24-13-2-4-15(17(25)10-13)21(31)35-7-8-36-22(32)16-11-14(3-5-19(16)30(33)34)37-20-6-1-12(9-18(20)26)23(27,28)29/h1-6,9-11H,7-8H2. The number of nitro groups is 1. The van der Waals surface area contributed by atoms with Crippen molar-refractivity contribution in [2.45, 2.75) is 6.18 Å². The van der Waals surface area contributed by atoms with E-state index < -0.39 is 53.1 Å². The number of nitrogens with zero attached hydrogens (tertiary/aromatic N) is 1. The Morgan fingerprint density at radius 3 is 2.05 bits per heavy atom. The third-order valence-electron chi connectivity index (χ3n) is 4.57. The Hall–Kier alpha value is -3.54. The topological polar surface area (TPSA) is 105 Å². The van der Waals surface area contributed by atoms with Crippen molar-refractivity contribution in [2.75, 3.05) is 13.2 Å². The first-order chi connectivity index (χ1) is 17.4. The summed E-state index contributed by atoms with van der Waals surface area (Å²) in [6.07, 6.45) is -4.62. The molecule has 194 valence electrons. The van der Waals surface area contributed by atoms with Crippen LogP contribution in [0.3, 0.4) is 0 Å². The molecule has 0 radical (unpaired) electrons. The van der Waals surface area contributed by atoms with Gasteiger partial charge in [-0.3, -0.25) is 10.1 Å². The van der Waals surface area contributed by atoms with Gasteiger partial charge in [-0.15, -0.1) is 0 Å². The van der Waals surface area contributed by atoms with Crippen LogP contribution < -0.4 is 4.74 Å². The fourth-order valence-electron chi connectivity index (χ4n) is 2.87. The lowest BCUT2D eigenvalue weighted by Crippen LogP contribution is -2.15. The van der Waals surface area contributed by atoms with Gasteiger partial charge in [0.25, 0.3) is 5.69 Å². The van der Waals surface area contributed by atoms with Crippen molar-refractivity contribution in [2.24, 2.45) is 0 Å². The Balaban J connectivity index is 1.68. The van der Waals surface area contributed by atoms with Crippen LogP contribution in [0, 0.1) is 10.1 Å². The molecular weight excluding hydrogens is 566 g/mol. The molecule has 0 N–H and O–H groups in total. The third-order valence-corrected chi connectivity index (χ3v) is 5.42. The normalized spacial score (nSPS) is 11.1. The molecule has 14 heteroatoms. The predicted octanol–water partition coefficient (Wildman–Crippen LogP) is 7.38. The summed E-state index contributed by atoms with van der Waals surface area (Å²) < 4.78 is 53.8. The van der Waals surface area contributed by atoms with Gasteiger partial charge < -0.3 is 14.2 Å². The highest BCUT2D eigenvalue weighted by Gasteiger charge is 2.31. The lowest BCUT2D eigenvalue weighted by Gasteiger charge is -2.12. The van der Waals surface area contributed by atoms with E-state index in [0.717, 1.165) is 30.3 Å². The van der Waals surface area contributed by atoms with Crippen LogP contribution in [0.2, 0.25) is 15.1 Å². The molecule has 37 heavy (non-hydrogen) atoms. The fourth-order valence-corrected chi connectivity index (χ4v) is 3.57. The summed E-state index contributed by atoms with van der Waals surface area (Å²) in [4.78, 5) is 35.1. The average molecular weight is 579 g/mol. The summed E-state index contributed by atoms with van der Waals surface area (Å²) in [6.45, 7) is -0.850. The second-order valence-corrected chi connectivity index (χ2v) is 8.33. The van der Waals surface area contributed by atoms with Gasteiger partial charge in [-0.25, -0.2) is 9.59 Å². The van der Waals surface area contributed by atoms with E-state index in [1.54, 1.807) is 0 Å². The average Bonchev–Trinajstić information content (AvgIpc) is 2.82. The highest BCUT2D eigenvalue weighted by Crippen LogP contribution is 2.37. The van der Waals surface area contributed by atoms with E-state index >= 15 is 0 Å². The second-order valence-electron chi connectivity index (χ2n) is 7.08. The lowest BCUT2D eigenvalue weighted by molar-refractivity contribution is -0.385. The van der Waals surface area contributed by atoms with E-state index in [9.17, 15) is 32.9 Å². The summed E-state index contributed by atoms with van der Waals surface area (Å²) in [5.74, 6) is -2.28. The maximum atomic E-state index is 12.8. The first kappa shape index (κ1) is 28.0. The van der Waals surface area contributed by atoms with Crippen molar-refractivity contribution < 1.29 is 41.9 Å². The molecule has 0 aliphatic rings. The third kappa shape index (κ3) is 7.25. The molecule has 0 spiro atoms. The molecule has 0 atom stereocenters. The van der Waals surface area contributed by atoms with Crippen LogP contribution in [0.25, 0.3) is 0 Å². The Labute approximate surface area is 221 Å². The van der Waals surface area contributed by atoms with Gasteiger partial charge in [-0.05, 0) is 42.5 Å². The molecule has 0 aliphatic heterocycles.